The highest BCUT2D eigenvalue weighted by Gasteiger charge is 2.34. The lowest BCUT2D eigenvalue weighted by Gasteiger charge is -2.40. The summed E-state index contributed by atoms with van der Waals surface area (Å²) in [4.78, 5) is 0. The van der Waals surface area contributed by atoms with E-state index in [0.717, 1.165) is 11.8 Å². The van der Waals surface area contributed by atoms with Gasteiger partial charge in [0.1, 0.15) is 0 Å². The molecule has 0 aromatic rings. The van der Waals surface area contributed by atoms with E-state index in [1.807, 2.05) is 13.8 Å². The molecule has 0 heterocycles. The fourth-order valence-corrected chi connectivity index (χ4v) is 3.93. The van der Waals surface area contributed by atoms with E-state index >= 15 is 0 Å². The Morgan fingerprint density at radius 2 is 1.68 bits per heavy atom. The first-order chi connectivity index (χ1) is 8.79. The Labute approximate surface area is 118 Å². The first kappa shape index (κ1) is 15.3. The molecule has 3 nitrogen and oxygen atoms in total. The van der Waals surface area contributed by atoms with E-state index in [1.54, 1.807) is 0 Å². The smallest absolute Gasteiger partial charge is 0.153 e. The van der Waals surface area contributed by atoms with E-state index in [9.17, 15) is 8.42 Å². The topological polar surface area (TPSA) is 46.2 Å². The Kier molecular flexibility index (Phi) is 4.61. The van der Waals surface area contributed by atoms with Gasteiger partial charge in [0.2, 0.25) is 0 Å². The van der Waals surface area contributed by atoms with Crippen LogP contribution in [0.3, 0.4) is 0 Å². The van der Waals surface area contributed by atoms with Gasteiger partial charge in [-0.3, -0.25) is 0 Å². The van der Waals surface area contributed by atoms with E-state index < -0.39 is 14.6 Å². The van der Waals surface area contributed by atoms with Gasteiger partial charge in [0.05, 0.1) is 4.75 Å². The zero-order valence-electron chi connectivity index (χ0n) is 12.6. The largest absolute Gasteiger partial charge is 0.312 e. The van der Waals surface area contributed by atoms with Crippen molar-refractivity contribution in [3.63, 3.8) is 0 Å². The first-order valence-electron chi connectivity index (χ1n) is 7.72. The van der Waals surface area contributed by atoms with Crippen LogP contribution in [0.1, 0.15) is 58.8 Å². The summed E-state index contributed by atoms with van der Waals surface area (Å²) in [5.41, 5.74) is 0. The van der Waals surface area contributed by atoms with Crippen LogP contribution >= 0.6 is 0 Å². The summed E-state index contributed by atoms with van der Waals surface area (Å²) < 4.78 is 22.8. The molecule has 2 saturated carbocycles. The molecule has 0 aromatic carbocycles. The lowest BCUT2D eigenvalue weighted by Crippen LogP contribution is -2.47. The van der Waals surface area contributed by atoms with Crippen molar-refractivity contribution in [2.24, 2.45) is 11.8 Å². The number of rotatable bonds is 4. The number of nitrogens with one attached hydrogen (secondary N) is 1. The highest BCUT2D eigenvalue weighted by Crippen LogP contribution is 2.40. The molecule has 0 bridgehead atoms. The third kappa shape index (κ3) is 3.72. The Hall–Kier alpha value is -0.0900. The maximum Gasteiger partial charge on any atom is 0.153 e. The molecule has 1 N–H and O–H groups in total. The van der Waals surface area contributed by atoms with Gasteiger partial charge < -0.3 is 5.32 Å². The van der Waals surface area contributed by atoms with Crippen molar-refractivity contribution in [1.82, 2.24) is 5.32 Å². The highest BCUT2D eigenvalue weighted by molar-refractivity contribution is 7.92. The summed E-state index contributed by atoms with van der Waals surface area (Å²) >= 11 is 0. The van der Waals surface area contributed by atoms with Crippen LogP contribution in [-0.2, 0) is 9.84 Å². The quantitative estimate of drug-likeness (QED) is 0.865. The minimum absolute atomic E-state index is 0.528. The Morgan fingerprint density at radius 1 is 1.05 bits per heavy atom. The fraction of sp³-hybridized carbons (Fsp3) is 1.00. The SMILES string of the molecule is CC(C)(CNC1CCC2CCCCC2C1)S(C)(=O)=O. The van der Waals surface area contributed by atoms with Gasteiger partial charge in [0, 0.05) is 18.8 Å². The second kappa shape index (κ2) is 5.72. The van der Waals surface area contributed by atoms with Crippen molar-refractivity contribution in [1.29, 1.82) is 0 Å². The highest BCUT2D eigenvalue weighted by atomic mass is 32.2. The molecule has 2 rings (SSSR count). The molecule has 0 aromatic heterocycles. The van der Waals surface area contributed by atoms with Crippen LogP contribution < -0.4 is 5.32 Å². The molecular formula is C15H29NO2S. The lowest BCUT2D eigenvalue weighted by molar-refractivity contribution is 0.143. The monoisotopic (exact) mass is 287 g/mol. The van der Waals surface area contributed by atoms with Crippen LogP contribution in [0.25, 0.3) is 0 Å². The molecule has 0 amide bonds. The lowest BCUT2D eigenvalue weighted by atomic mass is 9.69. The van der Waals surface area contributed by atoms with Crippen LogP contribution in [0.4, 0.5) is 0 Å². The van der Waals surface area contributed by atoms with Crippen LogP contribution in [-0.4, -0.2) is 32.0 Å². The van der Waals surface area contributed by atoms with Crippen molar-refractivity contribution in [3.05, 3.63) is 0 Å². The third-order valence-corrected chi connectivity index (χ3v) is 7.51. The third-order valence-electron chi connectivity index (χ3n) is 5.36. The first-order valence-corrected chi connectivity index (χ1v) is 9.62. The summed E-state index contributed by atoms with van der Waals surface area (Å²) in [6.45, 7) is 4.22. The van der Waals surface area contributed by atoms with Gasteiger partial charge in [-0.15, -0.1) is 0 Å². The molecule has 2 aliphatic carbocycles. The van der Waals surface area contributed by atoms with E-state index in [0.29, 0.717) is 12.6 Å². The van der Waals surface area contributed by atoms with E-state index in [2.05, 4.69) is 5.32 Å². The summed E-state index contributed by atoms with van der Waals surface area (Å²) in [5.74, 6) is 1.84. The fourth-order valence-electron chi connectivity index (χ4n) is 3.58. The predicted molar refractivity (Wildman–Crippen MR) is 80.0 cm³/mol. The average Bonchev–Trinajstić information content (AvgIpc) is 2.35. The minimum Gasteiger partial charge on any atom is -0.312 e. The van der Waals surface area contributed by atoms with Crippen molar-refractivity contribution >= 4 is 9.84 Å². The summed E-state index contributed by atoms with van der Waals surface area (Å²) in [5, 5.41) is 3.52. The van der Waals surface area contributed by atoms with Gasteiger partial charge in [-0.1, -0.05) is 25.7 Å². The predicted octanol–water partition coefficient (Wildman–Crippen LogP) is 2.76. The van der Waals surface area contributed by atoms with Crippen LogP contribution in [0, 0.1) is 11.8 Å². The van der Waals surface area contributed by atoms with Gasteiger partial charge in [0.15, 0.2) is 9.84 Å². The molecule has 3 atom stereocenters. The molecule has 0 radical (unpaired) electrons. The molecule has 0 spiro atoms. The summed E-state index contributed by atoms with van der Waals surface area (Å²) in [6.07, 6.45) is 10.8. The van der Waals surface area contributed by atoms with Crippen molar-refractivity contribution in [2.75, 3.05) is 12.8 Å². The van der Waals surface area contributed by atoms with Gasteiger partial charge in [-0.05, 0) is 44.9 Å². The number of sulfone groups is 1. The van der Waals surface area contributed by atoms with Crippen molar-refractivity contribution in [3.8, 4) is 0 Å². The van der Waals surface area contributed by atoms with E-state index in [1.165, 1.54) is 51.2 Å². The van der Waals surface area contributed by atoms with Gasteiger partial charge >= 0.3 is 0 Å². The Morgan fingerprint density at radius 3 is 2.32 bits per heavy atom. The molecule has 0 aliphatic heterocycles. The zero-order chi connectivity index (χ0) is 14.1. The maximum atomic E-state index is 11.7. The van der Waals surface area contributed by atoms with Crippen LogP contribution in [0.5, 0.6) is 0 Å². The molecule has 19 heavy (non-hydrogen) atoms. The van der Waals surface area contributed by atoms with Gasteiger partial charge in [0.25, 0.3) is 0 Å². The van der Waals surface area contributed by atoms with Crippen LogP contribution in [0.15, 0.2) is 0 Å². The maximum absolute atomic E-state index is 11.7. The van der Waals surface area contributed by atoms with Gasteiger partial charge in [-0.25, -0.2) is 8.42 Å². The molecule has 2 aliphatic rings. The molecule has 3 unspecified atom stereocenters. The number of fused-ring (bicyclic) bond motifs is 1. The molecule has 4 heteroatoms. The zero-order valence-corrected chi connectivity index (χ0v) is 13.4. The molecule has 112 valence electrons. The molecule has 2 fully saturated rings. The van der Waals surface area contributed by atoms with E-state index in [4.69, 9.17) is 0 Å². The van der Waals surface area contributed by atoms with Crippen molar-refractivity contribution < 1.29 is 8.42 Å². The van der Waals surface area contributed by atoms with E-state index in [-0.39, 0.29) is 0 Å². The number of hydrogen-bond donors (Lipinski definition) is 1. The second-order valence-electron chi connectivity index (χ2n) is 7.23. The average molecular weight is 287 g/mol. The summed E-state index contributed by atoms with van der Waals surface area (Å²) in [6, 6.07) is 0.528. The Balaban J connectivity index is 1.84. The standard InChI is InChI=1S/C15H29NO2S/c1-15(2,19(3,17)18)11-16-14-9-8-12-6-4-5-7-13(12)10-14/h12-14,16H,4-11H2,1-3H3. The summed E-state index contributed by atoms with van der Waals surface area (Å²) in [7, 11) is -2.99. The number of hydrogen-bond acceptors (Lipinski definition) is 3. The van der Waals surface area contributed by atoms with Crippen LogP contribution in [0.2, 0.25) is 0 Å². The normalized spacial score (nSPS) is 32.9. The molecule has 0 saturated heterocycles. The molecular weight excluding hydrogens is 258 g/mol. The van der Waals surface area contributed by atoms with Gasteiger partial charge in [-0.2, -0.15) is 0 Å². The van der Waals surface area contributed by atoms with Crippen molar-refractivity contribution in [2.45, 2.75) is 69.6 Å². The Bertz CT molecular complexity index is 402. The second-order valence-corrected chi connectivity index (χ2v) is 9.88. The minimum atomic E-state index is -2.99.